The third kappa shape index (κ3) is 6.18. The monoisotopic (exact) mass is 525 g/mol. The average molecular weight is 526 g/mol. The molecule has 1 N–H and O–H groups in total. The summed E-state index contributed by atoms with van der Waals surface area (Å²) in [5.41, 5.74) is 3.12. The van der Waals surface area contributed by atoms with Gasteiger partial charge in [-0.05, 0) is 80.6 Å². The minimum Gasteiger partial charge on any atom is -0.457 e. The number of aryl methyl sites for hydroxylation is 2. The van der Waals surface area contributed by atoms with Gasteiger partial charge in [-0.3, -0.25) is 4.57 Å². The van der Waals surface area contributed by atoms with Crippen molar-refractivity contribution < 1.29 is 18.7 Å². The molecule has 1 aliphatic rings. The van der Waals surface area contributed by atoms with Crippen LogP contribution in [0.25, 0.3) is 11.0 Å². The van der Waals surface area contributed by atoms with Crippen LogP contribution in [0.15, 0.2) is 47.3 Å². The Kier molecular flexibility index (Phi) is 9.05. The van der Waals surface area contributed by atoms with E-state index in [9.17, 15) is 14.0 Å². The summed E-state index contributed by atoms with van der Waals surface area (Å²) in [5.74, 6) is -0.426. The van der Waals surface area contributed by atoms with Gasteiger partial charge < -0.3 is 19.4 Å². The van der Waals surface area contributed by atoms with Gasteiger partial charge in [-0.25, -0.2) is 14.0 Å². The smallest absolute Gasteiger partial charge is 0.332 e. The van der Waals surface area contributed by atoms with Crippen LogP contribution in [0.5, 0.6) is 0 Å². The van der Waals surface area contributed by atoms with Crippen LogP contribution in [0.2, 0.25) is 0 Å². The molecule has 4 rings (SSSR count). The molecule has 0 bridgehead atoms. The quantitative estimate of drug-likeness (QED) is 0.269. The molecule has 2 aromatic carbocycles. The fourth-order valence-electron chi connectivity index (χ4n) is 6.14. The second-order valence-electron chi connectivity index (χ2n) is 10.9. The van der Waals surface area contributed by atoms with Crippen molar-refractivity contribution in [3.63, 3.8) is 0 Å². The Labute approximate surface area is 223 Å². The average Bonchev–Trinajstić information content (AvgIpc) is 3.20. The molecule has 7 nitrogen and oxygen atoms in total. The molecule has 1 heterocycles. The van der Waals surface area contributed by atoms with E-state index in [-0.39, 0.29) is 35.9 Å². The maximum atomic E-state index is 14.0. The summed E-state index contributed by atoms with van der Waals surface area (Å²) in [4.78, 5) is 30.2. The molecule has 0 saturated heterocycles. The van der Waals surface area contributed by atoms with Crippen LogP contribution in [0.4, 0.5) is 4.39 Å². The zero-order chi connectivity index (χ0) is 27.3. The van der Waals surface area contributed by atoms with Gasteiger partial charge in [0.15, 0.2) is 0 Å². The highest BCUT2D eigenvalue weighted by Gasteiger charge is 2.47. The van der Waals surface area contributed by atoms with Crippen molar-refractivity contribution in [2.75, 3.05) is 33.9 Å². The molecule has 38 heavy (non-hydrogen) atoms. The number of fused-ring (bicyclic) bond motifs is 2. The topological polar surface area (TPSA) is 76.6 Å². The van der Waals surface area contributed by atoms with E-state index in [0.29, 0.717) is 25.8 Å². The maximum Gasteiger partial charge on any atom is 0.332 e. The number of carbonyl (C=O) groups excluding carboxylic acids is 1. The van der Waals surface area contributed by atoms with Crippen LogP contribution in [0.3, 0.4) is 0 Å². The van der Waals surface area contributed by atoms with Crippen LogP contribution in [-0.4, -0.2) is 59.9 Å². The summed E-state index contributed by atoms with van der Waals surface area (Å²) in [6.07, 6.45) is 3.82. The Morgan fingerprint density at radius 3 is 2.76 bits per heavy atom. The van der Waals surface area contributed by atoms with Gasteiger partial charge in [0, 0.05) is 32.5 Å². The number of unbranched alkanes of at least 4 members (excludes halogenated alkanes) is 1. The highest BCUT2D eigenvalue weighted by atomic mass is 19.1. The molecule has 1 aromatic heterocycles. The number of methoxy groups -OCH3 is 1. The van der Waals surface area contributed by atoms with Crippen LogP contribution in [-0.2, 0) is 27.2 Å². The van der Waals surface area contributed by atoms with Crippen molar-refractivity contribution >= 4 is 17.0 Å². The molecule has 0 saturated carbocycles. The third-order valence-electron chi connectivity index (χ3n) is 7.84. The minimum absolute atomic E-state index is 0.0326. The van der Waals surface area contributed by atoms with Crippen LogP contribution < -0.4 is 5.69 Å². The van der Waals surface area contributed by atoms with Gasteiger partial charge in [0.05, 0.1) is 11.0 Å². The fourth-order valence-corrected chi connectivity index (χ4v) is 6.14. The highest BCUT2D eigenvalue weighted by molar-refractivity contribution is 5.74. The lowest BCUT2D eigenvalue weighted by atomic mass is 9.65. The molecular formula is C30H40FN3O4. The molecule has 0 amide bonds. The molecule has 206 valence electrons. The first-order valence-corrected chi connectivity index (χ1v) is 13.6. The highest BCUT2D eigenvalue weighted by Crippen LogP contribution is 2.48. The first kappa shape index (κ1) is 28.0. The number of rotatable bonds is 12. The number of esters is 1. The van der Waals surface area contributed by atoms with Crippen molar-refractivity contribution in [1.29, 1.82) is 0 Å². The fraction of sp³-hybridized carbons (Fsp3) is 0.533. The normalized spacial score (nSPS) is 19.3. The zero-order valence-corrected chi connectivity index (χ0v) is 23.0. The van der Waals surface area contributed by atoms with Gasteiger partial charge in [0.2, 0.25) is 0 Å². The first-order chi connectivity index (χ1) is 18.2. The van der Waals surface area contributed by atoms with E-state index < -0.39 is 5.60 Å². The third-order valence-corrected chi connectivity index (χ3v) is 7.84. The lowest BCUT2D eigenvalue weighted by molar-refractivity contribution is -0.172. The molecule has 2 atom stereocenters. The second kappa shape index (κ2) is 12.3. The molecule has 0 aliphatic heterocycles. The summed E-state index contributed by atoms with van der Waals surface area (Å²) in [5, 5.41) is 0. The lowest BCUT2D eigenvalue weighted by Crippen LogP contribution is -2.49. The van der Waals surface area contributed by atoms with Crippen molar-refractivity contribution in [1.82, 2.24) is 14.5 Å². The Balaban J connectivity index is 1.41. The summed E-state index contributed by atoms with van der Waals surface area (Å²) in [6, 6.07) is 12.7. The number of ether oxygens (including phenoxy) is 2. The Hall–Kier alpha value is -2.97. The molecular weight excluding hydrogens is 485 g/mol. The molecule has 0 spiro atoms. The van der Waals surface area contributed by atoms with Crippen molar-refractivity contribution in [3.8, 4) is 0 Å². The number of benzene rings is 2. The van der Waals surface area contributed by atoms with Crippen molar-refractivity contribution in [2.24, 2.45) is 5.92 Å². The molecule has 3 aromatic rings. The van der Waals surface area contributed by atoms with E-state index in [0.717, 1.165) is 48.1 Å². The van der Waals surface area contributed by atoms with E-state index in [4.69, 9.17) is 9.47 Å². The van der Waals surface area contributed by atoms with Gasteiger partial charge in [-0.2, -0.15) is 0 Å². The number of carbonyl (C=O) groups is 1. The molecule has 1 aliphatic carbocycles. The number of aromatic amines is 1. The SMILES string of the molecule is COCC(=O)O[C@]1(CCN(C)CCCCn2c(=O)[nH]c3ccccc32)CCc2cc(F)ccc2[C@@H]1C(C)C. The molecule has 0 unspecified atom stereocenters. The van der Waals surface area contributed by atoms with E-state index in [1.54, 1.807) is 10.6 Å². The number of para-hydroxylation sites is 2. The predicted octanol–water partition coefficient (Wildman–Crippen LogP) is 4.89. The first-order valence-electron chi connectivity index (χ1n) is 13.6. The van der Waals surface area contributed by atoms with Crippen LogP contribution >= 0.6 is 0 Å². The lowest BCUT2D eigenvalue weighted by Gasteiger charge is -2.47. The summed E-state index contributed by atoms with van der Waals surface area (Å²) in [6.45, 7) is 6.47. The molecule has 0 fully saturated rings. The van der Waals surface area contributed by atoms with E-state index in [1.807, 2.05) is 30.3 Å². The van der Waals surface area contributed by atoms with Gasteiger partial charge in [0.1, 0.15) is 18.0 Å². The van der Waals surface area contributed by atoms with Gasteiger partial charge in [-0.1, -0.05) is 32.0 Å². The summed E-state index contributed by atoms with van der Waals surface area (Å²) < 4.78 is 27.1. The minimum atomic E-state index is -0.680. The zero-order valence-electron chi connectivity index (χ0n) is 23.0. The number of nitrogens with zero attached hydrogens (tertiary/aromatic N) is 2. The number of hydrogen-bond donors (Lipinski definition) is 1. The van der Waals surface area contributed by atoms with Crippen molar-refractivity contribution in [2.45, 2.75) is 64.0 Å². The van der Waals surface area contributed by atoms with Gasteiger partial charge in [0.25, 0.3) is 0 Å². The number of nitrogens with one attached hydrogen (secondary N) is 1. The van der Waals surface area contributed by atoms with Gasteiger partial charge in [-0.15, -0.1) is 0 Å². The Morgan fingerprint density at radius 1 is 1.21 bits per heavy atom. The van der Waals surface area contributed by atoms with Crippen LogP contribution in [0.1, 0.15) is 56.6 Å². The number of imidazole rings is 1. The predicted molar refractivity (Wildman–Crippen MR) is 147 cm³/mol. The van der Waals surface area contributed by atoms with E-state index in [2.05, 4.69) is 30.8 Å². The van der Waals surface area contributed by atoms with Crippen molar-refractivity contribution in [3.05, 3.63) is 69.9 Å². The standard InChI is InChI=1S/C30H40FN3O4/c1-21(2)28-24-12-11-23(31)19-22(24)13-14-30(28,38-27(35)20-37-4)15-18-33(3)16-7-8-17-34-26-10-6-5-9-25(26)32-29(34)36/h5-6,9-12,19,21,28H,7-8,13-18,20H2,1-4H3,(H,32,36)/t28-,30-/m0/s1. The molecule has 0 radical (unpaired) electrons. The maximum absolute atomic E-state index is 14.0. The summed E-state index contributed by atoms with van der Waals surface area (Å²) >= 11 is 0. The Bertz CT molecular complexity index is 1300. The number of aromatic nitrogens is 2. The molecule has 8 heteroatoms. The number of halogens is 1. The largest absolute Gasteiger partial charge is 0.457 e. The van der Waals surface area contributed by atoms with E-state index >= 15 is 0 Å². The van der Waals surface area contributed by atoms with Gasteiger partial charge >= 0.3 is 11.7 Å². The van der Waals surface area contributed by atoms with Crippen LogP contribution in [0, 0.1) is 11.7 Å². The second-order valence-corrected chi connectivity index (χ2v) is 10.9. The number of hydrogen-bond acceptors (Lipinski definition) is 5. The number of H-pyrrole nitrogens is 1. The van der Waals surface area contributed by atoms with E-state index in [1.165, 1.54) is 13.2 Å². The Morgan fingerprint density at radius 2 is 2.00 bits per heavy atom. The summed E-state index contributed by atoms with van der Waals surface area (Å²) in [7, 11) is 3.57.